The fraction of sp³-hybridized carbons (Fsp3) is 0.667. The number of hydrogen-bond donors (Lipinski definition) is 0. The van der Waals surface area contributed by atoms with Gasteiger partial charge in [-0.05, 0) is 20.8 Å². The maximum absolute atomic E-state index is 11.4. The first-order chi connectivity index (χ1) is 5.49. The molecule has 3 heteroatoms. The van der Waals surface area contributed by atoms with Crippen LogP contribution in [-0.2, 0) is 9.53 Å². The molecule has 0 amide bonds. The summed E-state index contributed by atoms with van der Waals surface area (Å²) in [4.78, 5) is 11.4. The summed E-state index contributed by atoms with van der Waals surface area (Å²) in [6, 6.07) is 0. The van der Waals surface area contributed by atoms with Gasteiger partial charge in [0.25, 0.3) is 0 Å². The lowest BCUT2D eigenvalue weighted by Crippen LogP contribution is -2.25. The van der Waals surface area contributed by atoms with Crippen molar-refractivity contribution in [1.29, 1.82) is 0 Å². The second-order valence-electron chi connectivity index (χ2n) is 3.75. The third kappa shape index (κ3) is 2.89. The number of carbonyl (C=O) groups excluding carboxylic acids is 1. The summed E-state index contributed by atoms with van der Waals surface area (Å²) in [7, 11) is 0. The van der Waals surface area contributed by atoms with Crippen molar-refractivity contribution in [2.45, 2.75) is 26.4 Å². The van der Waals surface area contributed by atoms with E-state index in [4.69, 9.17) is 4.74 Å². The molecule has 0 aromatic rings. The van der Waals surface area contributed by atoms with Crippen LogP contribution in [0.5, 0.6) is 0 Å². The lowest BCUT2D eigenvalue weighted by molar-refractivity contribution is -0.149. The standard InChI is InChI=1S/C9H14O2S/c1-9(2,3)11-8(10)7-4-5-12-6-7/h4H,5-6H2,1-3H3. The molecule has 1 aliphatic rings. The highest BCUT2D eigenvalue weighted by molar-refractivity contribution is 7.99. The van der Waals surface area contributed by atoms with E-state index in [-0.39, 0.29) is 11.6 Å². The van der Waals surface area contributed by atoms with Gasteiger partial charge in [-0.2, -0.15) is 11.8 Å². The molecule has 12 heavy (non-hydrogen) atoms. The average molecular weight is 186 g/mol. The molecule has 0 aromatic carbocycles. The predicted molar refractivity (Wildman–Crippen MR) is 51.3 cm³/mol. The average Bonchev–Trinajstić information content (AvgIpc) is 2.32. The van der Waals surface area contributed by atoms with E-state index in [1.165, 1.54) is 0 Å². The van der Waals surface area contributed by atoms with Gasteiger partial charge in [0.1, 0.15) is 5.60 Å². The second-order valence-corrected chi connectivity index (χ2v) is 4.78. The van der Waals surface area contributed by atoms with Gasteiger partial charge in [-0.15, -0.1) is 0 Å². The second kappa shape index (κ2) is 3.52. The molecule has 2 nitrogen and oxygen atoms in total. The summed E-state index contributed by atoms with van der Waals surface area (Å²) < 4.78 is 5.20. The molecular weight excluding hydrogens is 172 g/mol. The van der Waals surface area contributed by atoms with E-state index in [1.807, 2.05) is 26.8 Å². The van der Waals surface area contributed by atoms with Crippen molar-refractivity contribution < 1.29 is 9.53 Å². The third-order valence-corrected chi connectivity index (χ3v) is 2.28. The predicted octanol–water partition coefficient (Wildman–Crippen LogP) is 2.00. The molecule has 0 unspecified atom stereocenters. The van der Waals surface area contributed by atoms with Crippen molar-refractivity contribution in [3.8, 4) is 0 Å². The normalized spacial score (nSPS) is 17.4. The monoisotopic (exact) mass is 186 g/mol. The van der Waals surface area contributed by atoms with Crippen molar-refractivity contribution in [2.75, 3.05) is 11.5 Å². The van der Waals surface area contributed by atoms with E-state index in [2.05, 4.69) is 0 Å². The van der Waals surface area contributed by atoms with E-state index in [0.717, 1.165) is 17.1 Å². The Labute approximate surface area is 77.4 Å². The molecule has 0 radical (unpaired) electrons. The Hall–Kier alpha value is -0.440. The van der Waals surface area contributed by atoms with Crippen LogP contribution in [0.25, 0.3) is 0 Å². The fourth-order valence-corrected chi connectivity index (χ4v) is 1.77. The van der Waals surface area contributed by atoms with Crippen molar-refractivity contribution in [1.82, 2.24) is 0 Å². The first kappa shape index (κ1) is 9.65. The third-order valence-electron chi connectivity index (χ3n) is 1.37. The molecule has 1 aliphatic heterocycles. The molecule has 68 valence electrons. The van der Waals surface area contributed by atoms with E-state index in [9.17, 15) is 4.79 Å². The van der Waals surface area contributed by atoms with Crippen molar-refractivity contribution in [3.05, 3.63) is 11.6 Å². The Bertz CT molecular complexity index is 213. The van der Waals surface area contributed by atoms with Crippen LogP contribution in [0.1, 0.15) is 20.8 Å². The van der Waals surface area contributed by atoms with Gasteiger partial charge in [0.15, 0.2) is 0 Å². The number of rotatable bonds is 1. The Kier molecular flexibility index (Phi) is 2.83. The highest BCUT2D eigenvalue weighted by Crippen LogP contribution is 2.20. The Morgan fingerprint density at radius 2 is 2.25 bits per heavy atom. The first-order valence-corrected chi connectivity index (χ1v) is 5.14. The minimum Gasteiger partial charge on any atom is -0.457 e. The quantitative estimate of drug-likeness (QED) is 0.586. The highest BCUT2D eigenvalue weighted by atomic mass is 32.2. The Morgan fingerprint density at radius 3 is 2.67 bits per heavy atom. The molecule has 0 spiro atoms. The van der Waals surface area contributed by atoms with Crippen LogP contribution < -0.4 is 0 Å². The van der Waals surface area contributed by atoms with Crippen LogP contribution in [0.15, 0.2) is 11.6 Å². The minimum atomic E-state index is -0.370. The van der Waals surface area contributed by atoms with Crippen LogP contribution in [-0.4, -0.2) is 23.1 Å². The van der Waals surface area contributed by atoms with Gasteiger partial charge in [0, 0.05) is 17.1 Å². The smallest absolute Gasteiger partial charge is 0.335 e. The maximum Gasteiger partial charge on any atom is 0.335 e. The molecule has 1 rings (SSSR count). The maximum atomic E-state index is 11.4. The van der Waals surface area contributed by atoms with Crippen LogP contribution in [0, 0.1) is 0 Å². The van der Waals surface area contributed by atoms with Crippen LogP contribution in [0.4, 0.5) is 0 Å². The number of hydrogen-bond acceptors (Lipinski definition) is 3. The topological polar surface area (TPSA) is 26.3 Å². The van der Waals surface area contributed by atoms with Gasteiger partial charge in [-0.1, -0.05) is 6.08 Å². The van der Waals surface area contributed by atoms with Crippen LogP contribution in [0.2, 0.25) is 0 Å². The summed E-state index contributed by atoms with van der Waals surface area (Å²) in [6.07, 6.45) is 1.94. The molecule has 0 bridgehead atoms. The highest BCUT2D eigenvalue weighted by Gasteiger charge is 2.21. The summed E-state index contributed by atoms with van der Waals surface area (Å²) in [5.41, 5.74) is 0.445. The van der Waals surface area contributed by atoms with E-state index < -0.39 is 0 Å². The number of ether oxygens (including phenoxy) is 1. The molecule has 1 heterocycles. The largest absolute Gasteiger partial charge is 0.457 e. The molecule has 0 saturated carbocycles. The van der Waals surface area contributed by atoms with Gasteiger partial charge in [0.05, 0.1) is 0 Å². The lowest BCUT2D eigenvalue weighted by atomic mass is 10.2. The summed E-state index contributed by atoms with van der Waals surface area (Å²) in [5.74, 6) is 1.58. The number of thioether (sulfide) groups is 1. The zero-order valence-electron chi connectivity index (χ0n) is 7.72. The summed E-state index contributed by atoms with van der Waals surface area (Å²) in [6.45, 7) is 5.65. The molecule has 0 aliphatic carbocycles. The van der Waals surface area contributed by atoms with Gasteiger partial charge in [0.2, 0.25) is 0 Å². The van der Waals surface area contributed by atoms with Crippen molar-refractivity contribution >= 4 is 17.7 Å². The molecule has 0 aromatic heterocycles. The number of carbonyl (C=O) groups is 1. The van der Waals surface area contributed by atoms with Crippen molar-refractivity contribution in [3.63, 3.8) is 0 Å². The fourth-order valence-electron chi connectivity index (χ4n) is 0.873. The zero-order chi connectivity index (χ0) is 9.19. The van der Waals surface area contributed by atoms with Crippen LogP contribution >= 0.6 is 11.8 Å². The van der Waals surface area contributed by atoms with Crippen molar-refractivity contribution in [2.24, 2.45) is 0 Å². The van der Waals surface area contributed by atoms with E-state index in [1.54, 1.807) is 11.8 Å². The van der Waals surface area contributed by atoms with Gasteiger partial charge < -0.3 is 4.74 Å². The molecule has 0 atom stereocenters. The lowest BCUT2D eigenvalue weighted by Gasteiger charge is -2.19. The van der Waals surface area contributed by atoms with Gasteiger partial charge in [-0.25, -0.2) is 4.79 Å². The zero-order valence-corrected chi connectivity index (χ0v) is 8.53. The Balaban J connectivity index is 2.49. The van der Waals surface area contributed by atoms with Gasteiger partial charge in [-0.3, -0.25) is 0 Å². The minimum absolute atomic E-state index is 0.160. The van der Waals surface area contributed by atoms with E-state index in [0.29, 0.717) is 0 Å². The summed E-state index contributed by atoms with van der Waals surface area (Å²) >= 11 is 1.74. The summed E-state index contributed by atoms with van der Waals surface area (Å²) in [5, 5.41) is 0. The molecule has 0 N–H and O–H groups in total. The molecule has 0 saturated heterocycles. The molecular formula is C9H14O2S. The SMILES string of the molecule is CC(C)(C)OC(=O)C1=CCSC1. The van der Waals surface area contributed by atoms with Gasteiger partial charge >= 0.3 is 5.97 Å². The molecule has 0 fully saturated rings. The van der Waals surface area contributed by atoms with Crippen LogP contribution in [0.3, 0.4) is 0 Å². The Morgan fingerprint density at radius 1 is 1.58 bits per heavy atom. The first-order valence-electron chi connectivity index (χ1n) is 3.99. The number of esters is 1. The van der Waals surface area contributed by atoms with E-state index >= 15 is 0 Å².